The van der Waals surface area contributed by atoms with Crippen molar-refractivity contribution in [1.82, 2.24) is 4.98 Å². The maximum atomic E-state index is 5.75. The Hall–Kier alpha value is -0.840. The first-order valence-electron chi connectivity index (χ1n) is 5.08. The molecule has 2 aromatic rings. The van der Waals surface area contributed by atoms with E-state index >= 15 is 0 Å². The summed E-state index contributed by atoms with van der Waals surface area (Å²) in [5.74, 6) is 0. The Kier molecular flexibility index (Phi) is 3.63. The van der Waals surface area contributed by atoms with Gasteiger partial charge in [0.2, 0.25) is 0 Å². The third kappa shape index (κ3) is 2.64. The monoisotopic (exact) mass is 250 g/mol. The van der Waals surface area contributed by atoms with Crippen LogP contribution < -0.4 is 5.73 Å². The summed E-state index contributed by atoms with van der Waals surface area (Å²) in [6.07, 6.45) is 0. The zero-order chi connectivity index (χ0) is 11.5. The van der Waals surface area contributed by atoms with Gasteiger partial charge in [-0.1, -0.05) is 29.5 Å². The number of aryl methyl sites for hydroxylation is 2. The zero-order valence-electron chi connectivity index (χ0n) is 9.36. The van der Waals surface area contributed by atoms with Crippen LogP contribution in [-0.4, -0.2) is 4.98 Å². The molecule has 0 bridgehead atoms. The standard InChI is InChI=1S/C12H14N2S2/c1-8-3-4-11(10(5-8)6-13)16-12-14-9(2)7-15-12/h3-5,7H,6,13H2,1-2H3. The average Bonchev–Trinajstić information content (AvgIpc) is 2.67. The molecule has 0 aliphatic rings. The summed E-state index contributed by atoms with van der Waals surface area (Å²) >= 11 is 3.37. The fraction of sp³-hybridized carbons (Fsp3) is 0.250. The predicted octanol–water partition coefficient (Wildman–Crippen LogP) is 3.37. The highest BCUT2D eigenvalue weighted by atomic mass is 32.2. The number of nitrogens with zero attached hydrogens (tertiary/aromatic N) is 1. The van der Waals surface area contributed by atoms with Crippen molar-refractivity contribution in [2.75, 3.05) is 0 Å². The van der Waals surface area contributed by atoms with Crippen LogP contribution in [-0.2, 0) is 6.54 Å². The summed E-state index contributed by atoms with van der Waals surface area (Å²) in [7, 11) is 0. The highest BCUT2D eigenvalue weighted by Crippen LogP contribution is 2.32. The molecule has 2 nitrogen and oxygen atoms in total. The van der Waals surface area contributed by atoms with Gasteiger partial charge in [0.15, 0.2) is 4.34 Å². The first kappa shape index (κ1) is 11.6. The lowest BCUT2D eigenvalue weighted by Crippen LogP contribution is -1.98. The van der Waals surface area contributed by atoms with E-state index in [0.29, 0.717) is 6.54 Å². The first-order valence-corrected chi connectivity index (χ1v) is 6.78. The first-order chi connectivity index (χ1) is 7.69. The Bertz CT molecular complexity index is 492. The van der Waals surface area contributed by atoms with Gasteiger partial charge in [0.1, 0.15) is 0 Å². The van der Waals surface area contributed by atoms with Gasteiger partial charge in [-0.25, -0.2) is 4.98 Å². The van der Waals surface area contributed by atoms with Crippen LogP contribution in [0.25, 0.3) is 0 Å². The molecule has 1 aromatic carbocycles. The Morgan fingerprint density at radius 1 is 1.38 bits per heavy atom. The van der Waals surface area contributed by atoms with Gasteiger partial charge in [-0.3, -0.25) is 0 Å². The summed E-state index contributed by atoms with van der Waals surface area (Å²) < 4.78 is 1.08. The Morgan fingerprint density at radius 2 is 2.19 bits per heavy atom. The van der Waals surface area contributed by atoms with Crippen LogP contribution in [0, 0.1) is 13.8 Å². The SMILES string of the molecule is Cc1ccc(Sc2nc(C)cs2)c(CN)c1. The average molecular weight is 250 g/mol. The van der Waals surface area contributed by atoms with Crippen LogP contribution >= 0.6 is 23.1 Å². The van der Waals surface area contributed by atoms with Gasteiger partial charge in [0.05, 0.1) is 0 Å². The van der Waals surface area contributed by atoms with E-state index in [1.54, 1.807) is 23.1 Å². The summed E-state index contributed by atoms with van der Waals surface area (Å²) in [5.41, 5.74) is 9.27. The van der Waals surface area contributed by atoms with Gasteiger partial charge in [0, 0.05) is 22.5 Å². The van der Waals surface area contributed by atoms with E-state index in [2.05, 4.69) is 35.5 Å². The topological polar surface area (TPSA) is 38.9 Å². The third-order valence-corrected chi connectivity index (χ3v) is 4.41. The molecule has 16 heavy (non-hydrogen) atoms. The summed E-state index contributed by atoms with van der Waals surface area (Å²) in [6, 6.07) is 6.38. The van der Waals surface area contributed by atoms with E-state index in [4.69, 9.17) is 5.73 Å². The van der Waals surface area contributed by atoms with Gasteiger partial charge < -0.3 is 5.73 Å². The largest absolute Gasteiger partial charge is 0.326 e. The quantitative estimate of drug-likeness (QED) is 0.907. The Labute approximate surface area is 104 Å². The lowest BCUT2D eigenvalue weighted by atomic mass is 10.1. The molecule has 0 saturated heterocycles. The van der Waals surface area contributed by atoms with E-state index in [9.17, 15) is 0 Å². The summed E-state index contributed by atoms with van der Waals surface area (Å²) in [4.78, 5) is 5.66. The predicted molar refractivity (Wildman–Crippen MR) is 70.0 cm³/mol. The van der Waals surface area contributed by atoms with Crippen LogP contribution in [0.5, 0.6) is 0 Å². The molecule has 1 heterocycles. The molecule has 0 saturated carbocycles. The fourth-order valence-electron chi connectivity index (χ4n) is 1.44. The summed E-state index contributed by atoms with van der Waals surface area (Å²) in [6.45, 7) is 4.68. The van der Waals surface area contributed by atoms with Crippen molar-refractivity contribution in [3.05, 3.63) is 40.4 Å². The Balaban J connectivity index is 2.27. The van der Waals surface area contributed by atoms with Crippen LogP contribution in [0.3, 0.4) is 0 Å². The molecule has 2 rings (SSSR count). The van der Waals surface area contributed by atoms with E-state index in [1.807, 2.05) is 6.92 Å². The number of aromatic nitrogens is 1. The molecule has 0 amide bonds. The molecule has 0 unspecified atom stereocenters. The number of nitrogens with two attached hydrogens (primary N) is 1. The second-order valence-electron chi connectivity index (χ2n) is 3.67. The van der Waals surface area contributed by atoms with Crippen molar-refractivity contribution in [2.24, 2.45) is 5.73 Å². The molecule has 0 aliphatic heterocycles. The molecule has 0 fully saturated rings. The Morgan fingerprint density at radius 3 is 2.81 bits per heavy atom. The lowest BCUT2D eigenvalue weighted by Gasteiger charge is -2.06. The number of thiazole rings is 1. The number of rotatable bonds is 3. The molecule has 0 aliphatic carbocycles. The van der Waals surface area contributed by atoms with Crippen molar-refractivity contribution >= 4 is 23.1 Å². The van der Waals surface area contributed by atoms with Crippen LogP contribution in [0.1, 0.15) is 16.8 Å². The van der Waals surface area contributed by atoms with Crippen molar-refractivity contribution in [2.45, 2.75) is 29.6 Å². The maximum Gasteiger partial charge on any atom is 0.154 e. The molecule has 0 spiro atoms. The number of benzene rings is 1. The molecule has 2 N–H and O–H groups in total. The van der Waals surface area contributed by atoms with E-state index in [1.165, 1.54) is 16.0 Å². The van der Waals surface area contributed by atoms with Gasteiger partial charge in [-0.15, -0.1) is 11.3 Å². The van der Waals surface area contributed by atoms with Gasteiger partial charge >= 0.3 is 0 Å². The summed E-state index contributed by atoms with van der Waals surface area (Å²) in [5, 5.41) is 2.07. The minimum absolute atomic E-state index is 0.578. The van der Waals surface area contributed by atoms with Crippen molar-refractivity contribution in [3.8, 4) is 0 Å². The molecule has 0 atom stereocenters. The van der Waals surface area contributed by atoms with Crippen molar-refractivity contribution in [3.63, 3.8) is 0 Å². The third-order valence-electron chi connectivity index (χ3n) is 2.23. The number of hydrogen-bond acceptors (Lipinski definition) is 4. The van der Waals surface area contributed by atoms with Gasteiger partial charge in [-0.2, -0.15) is 0 Å². The molecule has 84 valence electrons. The maximum absolute atomic E-state index is 5.75. The smallest absolute Gasteiger partial charge is 0.154 e. The molecular weight excluding hydrogens is 236 g/mol. The zero-order valence-corrected chi connectivity index (χ0v) is 11.0. The van der Waals surface area contributed by atoms with Crippen LogP contribution in [0.15, 0.2) is 32.8 Å². The van der Waals surface area contributed by atoms with Crippen molar-refractivity contribution in [1.29, 1.82) is 0 Å². The minimum Gasteiger partial charge on any atom is -0.326 e. The van der Waals surface area contributed by atoms with E-state index < -0.39 is 0 Å². The normalized spacial score (nSPS) is 10.7. The fourth-order valence-corrected chi connectivity index (χ4v) is 3.35. The lowest BCUT2D eigenvalue weighted by molar-refractivity contribution is 1.02. The molecule has 0 radical (unpaired) electrons. The van der Waals surface area contributed by atoms with Gasteiger partial charge in [0.25, 0.3) is 0 Å². The van der Waals surface area contributed by atoms with Gasteiger partial charge in [-0.05, 0) is 25.5 Å². The van der Waals surface area contributed by atoms with Crippen molar-refractivity contribution < 1.29 is 0 Å². The highest BCUT2D eigenvalue weighted by molar-refractivity contribution is 8.01. The second-order valence-corrected chi connectivity index (χ2v) is 5.82. The molecule has 1 aromatic heterocycles. The second kappa shape index (κ2) is 4.99. The van der Waals surface area contributed by atoms with Crippen LogP contribution in [0.4, 0.5) is 0 Å². The van der Waals surface area contributed by atoms with E-state index in [-0.39, 0.29) is 0 Å². The highest BCUT2D eigenvalue weighted by Gasteiger charge is 2.06. The minimum atomic E-state index is 0.578. The molecule has 4 heteroatoms. The van der Waals surface area contributed by atoms with E-state index in [0.717, 1.165) is 10.0 Å². The molecular formula is C12H14N2S2. The van der Waals surface area contributed by atoms with Crippen LogP contribution in [0.2, 0.25) is 0 Å². The number of hydrogen-bond donors (Lipinski definition) is 1.